The lowest BCUT2D eigenvalue weighted by atomic mass is 10.2. The Bertz CT molecular complexity index is 277. The molecule has 72 valence electrons. The molecule has 0 heterocycles. The van der Waals surface area contributed by atoms with Gasteiger partial charge in [-0.1, -0.05) is 0 Å². The molecule has 4 heteroatoms. The summed E-state index contributed by atoms with van der Waals surface area (Å²) in [4.78, 5) is 0. The standard InChI is InChI=1S/C9H10I2O2/c1-2-13-9-7(10)3-6(5-12)4-8(9)11/h3-4,12H,2,5H2,1H3. The smallest absolute Gasteiger partial charge is 0.145 e. The zero-order valence-electron chi connectivity index (χ0n) is 7.18. The summed E-state index contributed by atoms with van der Waals surface area (Å²) in [5.74, 6) is 0.918. The molecule has 0 aliphatic carbocycles. The maximum absolute atomic E-state index is 8.96. The Morgan fingerprint density at radius 3 is 2.23 bits per heavy atom. The van der Waals surface area contributed by atoms with Crippen LogP contribution >= 0.6 is 45.2 Å². The van der Waals surface area contributed by atoms with Gasteiger partial charge in [0.1, 0.15) is 5.75 Å². The summed E-state index contributed by atoms with van der Waals surface area (Å²) in [5.41, 5.74) is 0.928. The molecule has 0 bridgehead atoms. The number of aliphatic hydroxyl groups is 1. The van der Waals surface area contributed by atoms with Gasteiger partial charge in [0.15, 0.2) is 0 Å². The molecule has 1 aromatic rings. The van der Waals surface area contributed by atoms with E-state index in [-0.39, 0.29) is 6.61 Å². The van der Waals surface area contributed by atoms with Crippen LogP contribution in [0.3, 0.4) is 0 Å². The molecule has 0 amide bonds. The van der Waals surface area contributed by atoms with E-state index < -0.39 is 0 Å². The second-order valence-electron chi connectivity index (χ2n) is 2.48. The van der Waals surface area contributed by atoms with Crippen molar-refractivity contribution in [2.24, 2.45) is 0 Å². The Morgan fingerprint density at radius 1 is 1.31 bits per heavy atom. The minimum atomic E-state index is 0.0818. The van der Waals surface area contributed by atoms with E-state index in [2.05, 4.69) is 45.2 Å². The van der Waals surface area contributed by atoms with Crippen molar-refractivity contribution in [3.63, 3.8) is 0 Å². The summed E-state index contributed by atoms with van der Waals surface area (Å²) in [7, 11) is 0. The Kier molecular flexibility index (Phi) is 4.74. The Hall–Kier alpha value is 0.440. The number of aliphatic hydroxyl groups excluding tert-OH is 1. The Balaban J connectivity index is 3.07. The van der Waals surface area contributed by atoms with E-state index in [0.29, 0.717) is 6.61 Å². The van der Waals surface area contributed by atoms with Gasteiger partial charge < -0.3 is 9.84 Å². The number of hydrogen-bond acceptors (Lipinski definition) is 2. The molecule has 0 atom stereocenters. The van der Waals surface area contributed by atoms with E-state index in [9.17, 15) is 0 Å². The second-order valence-corrected chi connectivity index (χ2v) is 4.80. The van der Waals surface area contributed by atoms with Crippen LogP contribution < -0.4 is 4.74 Å². The Morgan fingerprint density at radius 2 is 1.85 bits per heavy atom. The predicted octanol–water partition coefficient (Wildman–Crippen LogP) is 2.79. The van der Waals surface area contributed by atoms with Gasteiger partial charge in [-0.3, -0.25) is 0 Å². The summed E-state index contributed by atoms with van der Waals surface area (Å²) in [5, 5.41) is 8.96. The monoisotopic (exact) mass is 404 g/mol. The molecule has 1 rings (SSSR count). The lowest BCUT2D eigenvalue weighted by Crippen LogP contribution is -1.98. The van der Waals surface area contributed by atoms with E-state index >= 15 is 0 Å². The molecule has 1 N–H and O–H groups in total. The summed E-state index contributed by atoms with van der Waals surface area (Å²) in [6.07, 6.45) is 0. The first kappa shape index (κ1) is 11.5. The minimum absolute atomic E-state index is 0.0818. The fourth-order valence-corrected chi connectivity index (χ4v) is 3.19. The summed E-state index contributed by atoms with van der Waals surface area (Å²) < 4.78 is 7.57. The van der Waals surface area contributed by atoms with Gasteiger partial charge in [0.05, 0.1) is 20.4 Å². The van der Waals surface area contributed by atoms with Crippen LogP contribution in [0.4, 0.5) is 0 Å². The highest BCUT2D eigenvalue weighted by Gasteiger charge is 2.07. The molecule has 0 aliphatic heterocycles. The highest BCUT2D eigenvalue weighted by atomic mass is 127. The third-order valence-corrected chi connectivity index (χ3v) is 3.13. The van der Waals surface area contributed by atoms with Crippen molar-refractivity contribution in [1.29, 1.82) is 0 Å². The highest BCUT2D eigenvalue weighted by Crippen LogP contribution is 2.28. The lowest BCUT2D eigenvalue weighted by molar-refractivity contribution is 0.281. The van der Waals surface area contributed by atoms with Crippen molar-refractivity contribution in [1.82, 2.24) is 0 Å². The number of rotatable bonds is 3. The third-order valence-electron chi connectivity index (χ3n) is 1.53. The van der Waals surface area contributed by atoms with Crippen LogP contribution in [-0.4, -0.2) is 11.7 Å². The number of halogens is 2. The number of hydrogen-bond donors (Lipinski definition) is 1. The van der Waals surface area contributed by atoms with Crippen molar-refractivity contribution in [2.45, 2.75) is 13.5 Å². The van der Waals surface area contributed by atoms with Gasteiger partial charge in [-0.05, 0) is 69.8 Å². The second kappa shape index (κ2) is 5.35. The maximum Gasteiger partial charge on any atom is 0.145 e. The van der Waals surface area contributed by atoms with Crippen LogP contribution in [-0.2, 0) is 6.61 Å². The molecule has 1 aromatic carbocycles. The third kappa shape index (κ3) is 2.95. The molecule has 0 spiro atoms. The van der Waals surface area contributed by atoms with Crippen LogP contribution in [0.2, 0.25) is 0 Å². The molecule has 2 nitrogen and oxygen atoms in total. The largest absolute Gasteiger partial charge is 0.492 e. The van der Waals surface area contributed by atoms with E-state index in [1.165, 1.54) is 0 Å². The molecule has 0 fully saturated rings. The normalized spacial score (nSPS) is 10.2. The van der Waals surface area contributed by atoms with Gasteiger partial charge in [0.2, 0.25) is 0 Å². The van der Waals surface area contributed by atoms with Crippen LogP contribution in [0, 0.1) is 7.14 Å². The lowest BCUT2D eigenvalue weighted by Gasteiger charge is -2.09. The molecule has 0 aromatic heterocycles. The Labute approximate surface area is 105 Å². The van der Waals surface area contributed by atoms with Gasteiger partial charge >= 0.3 is 0 Å². The summed E-state index contributed by atoms with van der Waals surface area (Å²) >= 11 is 4.43. The van der Waals surface area contributed by atoms with Crippen molar-refractivity contribution < 1.29 is 9.84 Å². The first-order valence-electron chi connectivity index (χ1n) is 3.90. The molecule has 0 unspecified atom stereocenters. The fraction of sp³-hybridized carbons (Fsp3) is 0.333. The summed E-state index contributed by atoms with van der Waals surface area (Å²) in [6, 6.07) is 3.88. The van der Waals surface area contributed by atoms with Crippen molar-refractivity contribution in [3.8, 4) is 5.75 Å². The highest BCUT2D eigenvalue weighted by molar-refractivity contribution is 14.1. The number of ether oxygens (including phenoxy) is 1. The molecular formula is C9H10I2O2. The molecule has 0 aliphatic rings. The SMILES string of the molecule is CCOc1c(I)cc(CO)cc1I. The van der Waals surface area contributed by atoms with Gasteiger partial charge in [0, 0.05) is 0 Å². The van der Waals surface area contributed by atoms with Crippen LogP contribution in [0.15, 0.2) is 12.1 Å². The molecule has 0 saturated heterocycles. The molecule has 0 radical (unpaired) electrons. The van der Waals surface area contributed by atoms with E-state index in [4.69, 9.17) is 9.84 Å². The predicted molar refractivity (Wildman–Crippen MR) is 69.0 cm³/mol. The summed E-state index contributed by atoms with van der Waals surface area (Å²) in [6.45, 7) is 2.72. The first-order chi connectivity index (χ1) is 6.19. The van der Waals surface area contributed by atoms with Crippen LogP contribution in [0.25, 0.3) is 0 Å². The minimum Gasteiger partial charge on any atom is -0.492 e. The first-order valence-corrected chi connectivity index (χ1v) is 6.06. The van der Waals surface area contributed by atoms with Gasteiger partial charge in [-0.2, -0.15) is 0 Å². The zero-order valence-corrected chi connectivity index (χ0v) is 11.5. The molecule has 13 heavy (non-hydrogen) atoms. The van der Waals surface area contributed by atoms with Crippen molar-refractivity contribution in [2.75, 3.05) is 6.61 Å². The van der Waals surface area contributed by atoms with Gasteiger partial charge in [-0.25, -0.2) is 0 Å². The maximum atomic E-state index is 8.96. The quantitative estimate of drug-likeness (QED) is 0.786. The number of benzene rings is 1. The van der Waals surface area contributed by atoms with E-state index in [1.54, 1.807) is 0 Å². The van der Waals surface area contributed by atoms with Crippen molar-refractivity contribution in [3.05, 3.63) is 24.8 Å². The van der Waals surface area contributed by atoms with E-state index in [0.717, 1.165) is 18.5 Å². The zero-order chi connectivity index (χ0) is 9.84. The average molecular weight is 404 g/mol. The molecular weight excluding hydrogens is 394 g/mol. The van der Waals surface area contributed by atoms with E-state index in [1.807, 2.05) is 19.1 Å². The molecule has 0 saturated carbocycles. The fourth-order valence-electron chi connectivity index (χ4n) is 0.986. The van der Waals surface area contributed by atoms with Crippen LogP contribution in [0.5, 0.6) is 5.75 Å². The van der Waals surface area contributed by atoms with Crippen molar-refractivity contribution >= 4 is 45.2 Å². The topological polar surface area (TPSA) is 29.5 Å². The average Bonchev–Trinajstić information content (AvgIpc) is 2.11. The van der Waals surface area contributed by atoms with Gasteiger partial charge in [-0.15, -0.1) is 0 Å². The van der Waals surface area contributed by atoms with Gasteiger partial charge in [0.25, 0.3) is 0 Å². The van der Waals surface area contributed by atoms with Crippen LogP contribution in [0.1, 0.15) is 12.5 Å².